The van der Waals surface area contributed by atoms with E-state index in [4.69, 9.17) is 16.3 Å². The summed E-state index contributed by atoms with van der Waals surface area (Å²) in [4.78, 5) is 18.7. The number of pyridine rings is 1. The number of aliphatic imine (C=N–C) groups is 1. The van der Waals surface area contributed by atoms with Crippen LogP contribution in [-0.2, 0) is 9.53 Å². The van der Waals surface area contributed by atoms with E-state index in [1.54, 1.807) is 6.92 Å². The molecule has 0 aliphatic carbocycles. The molecule has 0 bridgehead atoms. The van der Waals surface area contributed by atoms with E-state index in [2.05, 4.69) is 15.3 Å². The number of hydrogen-bond donors (Lipinski definition) is 1. The Morgan fingerprint density at radius 2 is 2.04 bits per heavy atom. The lowest BCUT2D eigenvalue weighted by Crippen LogP contribution is -2.32. The number of nitrogens with one attached hydrogen (secondary N) is 1. The molecule has 1 aliphatic heterocycles. The minimum Gasteiger partial charge on any atom is -0.463 e. The molecular formula is C18H13ClF3N3O2. The molecule has 1 aromatic heterocycles. The molecule has 2 heterocycles. The van der Waals surface area contributed by atoms with Gasteiger partial charge in [0.05, 0.1) is 6.20 Å². The fourth-order valence-corrected chi connectivity index (χ4v) is 2.97. The number of carbonyl (C=O) groups is 1. The van der Waals surface area contributed by atoms with Crippen LogP contribution in [0.1, 0.15) is 24.2 Å². The third kappa shape index (κ3) is 3.95. The highest BCUT2D eigenvalue weighted by molar-refractivity contribution is 6.31. The van der Waals surface area contributed by atoms with Crippen LogP contribution < -0.4 is 5.32 Å². The van der Waals surface area contributed by atoms with Crippen LogP contribution in [0.25, 0.3) is 0 Å². The van der Waals surface area contributed by atoms with Crippen LogP contribution in [0.2, 0.25) is 5.02 Å². The number of hydrogen-bond acceptors (Lipinski definition) is 5. The number of rotatable bonds is 5. The van der Waals surface area contributed by atoms with Crippen molar-refractivity contribution < 1.29 is 22.7 Å². The lowest BCUT2D eigenvalue weighted by Gasteiger charge is -2.27. The summed E-state index contributed by atoms with van der Waals surface area (Å²) in [6.45, 7) is 1.85. The molecule has 2 aromatic rings. The Morgan fingerprint density at radius 3 is 2.70 bits per heavy atom. The summed E-state index contributed by atoms with van der Waals surface area (Å²) >= 11 is 6.15. The highest BCUT2D eigenvalue weighted by Crippen LogP contribution is 2.35. The number of aromatic nitrogens is 1. The fourth-order valence-electron chi connectivity index (χ4n) is 2.70. The molecule has 0 fully saturated rings. The van der Waals surface area contributed by atoms with Gasteiger partial charge in [-0.3, -0.25) is 9.79 Å². The minimum absolute atomic E-state index is 0.0465. The standard InChI is InChI=1S/C18H13ClF3N3O2/c1-9-13(7-27-8-26)16(12-3-2-10(20)4-14(12)19)25-18(24-9)17-15(22)5-11(21)6-23-17/h2-6,8,16H,7H2,1H3,(H,24,25)/t16-/m0/s1. The molecule has 0 radical (unpaired) electrons. The molecule has 0 saturated heterocycles. The third-order valence-electron chi connectivity index (χ3n) is 3.97. The largest absolute Gasteiger partial charge is 0.463 e. The zero-order valence-corrected chi connectivity index (χ0v) is 14.7. The molecule has 1 aromatic carbocycles. The Hall–Kier alpha value is -2.87. The summed E-state index contributed by atoms with van der Waals surface area (Å²) in [6.07, 6.45) is 0.868. The molecule has 5 nitrogen and oxygen atoms in total. The van der Waals surface area contributed by atoms with Gasteiger partial charge in [-0.1, -0.05) is 17.7 Å². The van der Waals surface area contributed by atoms with Gasteiger partial charge in [-0.2, -0.15) is 0 Å². The molecule has 0 spiro atoms. The maximum absolute atomic E-state index is 14.1. The second-order valence-electron chi connectivity index (χ2n) is 5.71. The normalized spacial score (nSPS) is 16.6. The highest BCUT2D eigenvalue weighted by atomic mass is 35.5. The van der Waals surface area contributed by atoms with Crippen LogP contribution in [0, 0.1) is 17.5 Å². The predicted molar refractivity (Wildman–Crippen MR) is 92.7 cm³/mol. The van der Waals surface area contributed by atoms with Crippen molar-refractivity contribution in [1.82, 2.24) is 10.3 Å². The van der Waals surface area contributed by atoms with E-state index in [1.807, 2.05) is 0 Å². The smallest absolute Gasteiger partial charge is 0.293 e. The lowest BCUT2D eigenvalue weighted by atomic mass is 9.96. The van der Waals surface area contributed by atoms with Gasteiger partial charge in [0.15, 0.2) is 11.7 Å². The molecule has 1 aliphatic rings. The monoisotopic (exact) mass is 395 g/mol. The van der Waals surface area contributed by atoms with Crippen molar-refractivity contribution in [2.24, 2.45) is 4.99 Å². The topological polar surface area (TPSA) is 63.6 Å². The third-order valence-corrected chi connectivity index (χ3v) is 4.30. The fraction of sp³-hybridized carbons (Fsp3) is 0.167. The van der Waals surface area contributed by atoms with Crippen molar-refractivity contribution in [2.75, 3.05) is 6.61 Å². The van der Waals surface area contributed by atoms with E-state index in [1.165, 1.54) is 12.1 Å². The number of nitrogens with zero attached hydrogens (tertiary/aromatic N) is 2. The number of allylic oxidation sites excluding steroid dienone is 1. The van der Waals surface area contributed by atoms with Crippen molar-refractivity contribution in [3.63, 3.8) is 0 Å². The van der Waals surface area contributed by atoms with Crippen molar-refractivity contribution in [3.05, 3.63) is 75.5 Å². The zero-order chi connectivity index (χ0) is 19.6. The van der Waals surface area contributed by atoms with Gasteiger partial charge in [0.2, 0.25) is 0 Å². The van der Waals surface area contributed by atoms with E-state index in [0.29, 0.717) is 22.9 Å². The maximum atomic E-state index is 14.1. The second kappa shape index (κ2) is 7.79. The van der Waals surface area contributed by atoms with Crippen LogP contribution in [-0.4, -0.2) is 23.9 Å². The number of benzene rings is 1. The summed E-state index contributed by atoms with van der Waals surface area (Å²) in [6, 6.07) is 3.69. The van der Waals surface area contributed by atoms with Gasteiger partial charge in [-0.15, -0.1) is 0 Å². The summed E-state index contributed by atoms with van der Waals surface area (Å²) in [5, 5.41) is 2.98. The quantitative estimate of drug-likeness (QED) is 0.784. The van der Waals surface area contributed by atoms with E-state index in [9.17, 15) is 18.0 Å². The Bertz CT molecular complexity index is 963. The average Bonchev–Trinajstić information content (AvgIpc) is 2.60. The number of amidine groups is 1. The van der Waals surface area contributed by atoms with Gasteiger partial charge in [-0.05, 0) is 24.6 Å². The van der Waals surface area contributed by atoms with Crippen LogP contribution in [0.5, 0.6) is 0 Å². The summed E-state index contributed by atoms with van der Waals surface area (Å²) in [7, 11) is 0. The van der Waals surface area contributed by atoms with Crippen LogP contribution in [0.3, 0.4) is 0 Å². The van der Waals surface area contributed by atoms with Gasteiger partial charge >= 0.3 is 0 Å². The Morgan fingerprint density at radius 1 is 1.26 bits per heavy atom. The summed E-state index contributed by atoms with van der Waals surface area (Å²) in [5.74, 6) is -2.20. The molecule has 1 N–H and O–H groups in total. The van der Waals surface area contributed by atoms with E-state index < -0.39 is 23.5 Å². The van der Waals surface area contributed by atoms with Crippen molar-refractivity contribution >= 4 is 23.9 Å². The molecule has 140 valence electrons. The first-order valence-corrected chi connectivity index (χ1v) is 8.14. The lowest BCUT2D eigenvalue weighted by molar-refractivity contribution is -0.127. The van der Waals surface area contributed by atoms with Crippen molar-refractivity contribution in [2.45, 2.75) is 13.0 Å². The molecule has 9 heteroatoms. The minimum atomic E-state index is -0.898. The average molecular weight is 396 g/mol. The van der Waals surface area contributed by atoms with Gasteiger partial charge < -0.3 is 10.1 Å². The van der Waals surface area contributed by atoms with Gasteiger partial charge in [0, 0.05) is 22.4 Å². The van der Waals surface area contributed by atoms with E-state index in [0.717, 1.165) is 12.3 Å². The number of halogens is 4. The van der Waals surface area contributed by atoms with Crippen LogP contribution >= 0.6 is 11.6 Å². The molecular weight excluding hydrogens is 383 g/mol. The molecule has 27 heavy (non-hydrogen) atoms. The van der Waals surface area contributed by atoms with E-state index in [-0.39, 0.29) is 29.6 Å². The van der Waals surface area contributed by atoms with E-state index >= 15 is 0 Å². The first-order chi connectivity index (χ1) is 12.9. The highest BCUT2D eigenvalue weighted by Gasteiger charge is 2.28. The Kier molecular flexibility index (Phi) is 5.46. The second-order valence-corrected chi connectivity index (χ2v) is 6.12. The van der Waals surface area contributed by atoms with Gasteiger partial charge in [-0.25, -0.2) is 18.2 Å². The Balaban J connectivity index is 2.11. The van der Waals surface area contributed by atoms with Crippen molar-refractivity contribution in [3.8, 4) is 0 Å². The van der Waals surface area contributed by atoms with Crippen LogP contribution in [0.4, 0.5) is 13.2 Å². The SMILES string of the molecule is CC1=C(COC=O)[C@H](c2ccc(F)cc2Cl)N=C(c2ncc(F)cc2F)N1. The Labute approximate surface area is 157 Å². The molecule has 0 unspecified atom stereocenters. The number of ether oxygens (including phenoxy) is 1. The summed E-state index contributed by atoms with van der Waals surface area (Å²) < 4.78 is 45.5. The number of carbonyl (C=O) groups excluding carboxylic acids is 1. The predicted octanol–water partition coefficient (Wildman–Crippen LogP) is 3.69. The summed E-state index contributed by atoms with van der Waals surface area (Å²) in [5.41, 5.74) is 1.32. The van der Waals surface area contributed by atoms with Crippen molar-refractivity contribution in [1.29, 1.82) is 0 Å². The molecule has 1 atom stereocenters. The molecule has 0 saturated carbocycles. The van der Waals surface area contributed by atoms with Gasteiger partial charge in [0.1, 0.15) is 30.0 Å². The maximum Gasteiger partial charge on any atom is 0.293 e. The molecule has 3 rings (SSSR count). The molecule has 0 amide bonds. The first-order valence-electron chi connectivity index (χ1n) is 7.76. The first kappa shape index (κ1) is 18.9. The van der Waals surface area contributed by atoms with Crippen LogP contribution in [0.15, 0.2) is 46.7 Å². The zero-order valence-electron chi connectivity index (χ0n) is 14.0. The van der Waals surface area contributed by atoms with Gasteiger partial charge in [0.25, 0.3) is 6.47 Å².